The van der Waals surface area contributed by atoms with Crippen molar-refractivity contribution >= 4 is 0 Å². The van der Waals surface area contributed by atoms with Crippen molar-refractivity contribution in [2.45, 2.75) is 70.8 Å². The van der Waals surface area contributed by atoms with Crippen LogP contribution in [0.2, 0.25) is 0 Å². The Kier molecular flexibility index (Phi) is 5.04. The van der Waals surface area contributed by atoms with Crippen molar-refractivity contribution in [1.29, 1.82) is 0 Å². The number of nitrogens with one attached hydrogen (secondary N) is 1. The molecule has 0 saturated carbocycles. The van der Waals surface area contributed by atoms with Crippen LogP contribution in [0.1, 0.15) is 69.9 Å². The fourth-order valence-corrected chi connectivity index (χ4v) is 3.13. The number of hydrogen-bond acceptors (Lipinski definition) is 1. The Morgan fingerprint density at radius 3 is 2.74 bits per heavy atom. The molecule has 0 spiro atoms. The Bertz CT molecular complexity index is 389. The number of aryl methyl sites for hydroxylation is 1. The van der Waals surface area contributed by atoms with Crippen molar-refractivity contribution in [3.05, 3.63) is 35.4 Å². The summed E-state index contributed by atoms with van der Waals surface area (Å²) in [6.07, 6.45) is 8.07. The maximum Gasteiger partial charge on any atom is 0.00965 e. The summed E-state index contributed by atoms with van der Waals surface area (Å²) < 4.78 is 0. The molecule has 0 bridgehead atoms. The Morgan fingerprint density at radius 2 is 1.95 bits per heavy atom. The number of benzene rings is 1. The highest BCUT2D eigenvalue weighted by molar-refractivity contribution is 5.32. The topological polar surface area (TPSA) is 12.0 Å². The van der Waals surface area contributed by atoms with Crippen molar-refractivity contribution in [3.8, 4) is 0 Å². The molecule has 1 heteroatoms. The van der Waals surface area contributed by atoms with Crippen LogP contribution in [0.4, 0.5) is 0 Å². The van der Waals surface area contributed by atoms with Gasteiger partial charge in [0.25, 0.3) is 0 Å². The molecular weight excluding hydrogens is 230 g/mol. The lowest BCUT2D eigenvalue weighted by molar-refractivity contribution is 0.409. The highest BCUT2D eigenvalue weighted by Crippen LogP contribution is 2.34. The Labute approximate surface area is 118 Å². The zero-order valence-corrected chi connectivity index (χ0v) is 12.8. The van der Waals surface area contributed by atoms with Gasteiger partial charge in [0, 0.05) is 5.54 Å². The quantitative estimate of drug-likeness (QED) is 0.758. The Morgan fingerprint density at radius 1 is 1.16 bits per heavy atom. The summed E-state index contributed by atoms with van der Waals surface area (Å²) in [4.78, 5) is 0. The molecule has 1 aromatic rings. The first-order valence-corrected chi connectivity index (χ1v) is 7.89. The van der Waals surface area contributed by atoms with Crippen molar-refractivity contribution < 1.29 is 0 Å². The molecule has 0 heterocycles. The van der Waals surface area contributed by atoms with E-state index in [4.69, 9.17) is 0 Å². The molecule has 1 atom stereocenters. The summed E-state index contributed by atoms with van der Waals surface area (Å²) in [5.74, 6) is 0.819. The van der Waals surface area contributed by atoms with Crippen molar-refractivity contribution in [2.24, 2.45) is 0 Å². The van der Waals surface area contributed by atoms with E-state index in [0.29, 0.717) is 0 Å². The van der Waals surface area contributed by atoms with E-state index >= 15 is 0 Å². The first kappa shape index (κ1) is 14.6. The van der Waals surface area contributed by atoms with Gasteiger partial charge in [0.1, 0.15) is 0 Å². The number of unbranched alkanes of at least 4 members (excludes halogenated alkanes) is 1. The third kappa shape index (κ3) is 4.65. The number of rotatable bonds is 5. The van der Waals surface area contributed by atoms with Crippen LogP contribution in [-0.2, 0) is 6.42 Å². The van der Waals surface area contributed by atoms with Gasteiger partial charge in [-0.15, -0.1) is 0 Å². The molecule has 19 heavy (non-hydrogen) atoms. The first-order chi connectivity index (χ1) is 9.06. The molecule has 1 nitrogen and oxygen atoms in total. The molecule has 1 N–H and O–H groups in total. The van der Waals surface area contributed by atoms with Crippen LogP contribution in [0.5, 0.6) is 0 Å². The normalized spacial score (nSPS) is 19.2. The lowest BCUT2D eigenvalue weighted by Gasteiger charge is -2.26. The van der Waals surface area contributed by atoms with Crippen molar-refractivity contribution in [2.75, 3.05) is 6.54 Å². The molecule has 1 aliphatic carbocycles. The largest absolute Gasteiger partial charge is 0.312 e. The summed E-state index contributed by atoms with van der Waals surface area (Å²) in [5.41, 5.74) is 3.50. The maximum atomic E-state index is 3.58. The lowest BCUT2D eigenvalue weighted by Crippen LogP contribution is -2.36. The fourth-order valence-electron chi connectivity index (χ4n) is 3.13. The molecule has 0 saturated heterocycles. The van der Waals surface area contributed by atoms with Gasteiger partial charge in [-0.2, -0.15) is 0 Å². The van der Waals surface area contributed by atoms with Crippen molar-refractivity contribution in [1.82, 2.24) is 5.32 Å². The third-order valence-electron chi connectivity index (χ3n) is 4.13. The molecule has 0 radical (unpaired) electrons. The van der Waals surface area contributed by atoms with E-state index in [-0.39, 0.29) is 5.54 Å². The van der Waals surface area contributed by atoms with Crippen LogP contribution >= 0.6 is 0 Å². The number of fused-ring (bicyclic) bond motifs is 1. The van der Waals surface area contributed by atoms with Crippen LogP contribution in [0, 0.1) is 0 Å². The monoisotopic (exact) mass is 259 g/mol. The molecule has 2 rings (SSSR count). The molecule has 1 aliphatic rings. The van der Waals surface area contributed by atoms with E-state index in [1.165, 1.54) is 38.5 Å². The van der Waals surface area contributed by atoms with Crippen molar-refractivity contribution in [3.63, 3.8) is 0 Å². The summed E-state index contributed by atoms with van der Waals surface area (Å²) in [6.45, 7) is 7.87. The summed E-state index contributed by atoms with van der Waals surface area (Å²) in [6, 6.07) is 9.07. The van der Waals surface area contributed by atoms with E-state index in [1.807, 2.05) is 0 Å². The Balaban J connectivity index is 1.75. The van der Waals surface area contributed by atoms with E-state index in [9.17, 15) is 0 Å². The molecule has 106 valence electrons. The minimum atomic E-state index is 0.261. The van der Waals surface area contributed by atoms with E-state index in [0.717, 1.165) is 12.5 Å². The van der Waals surface area contributed by atoms with Crippen LogP contribution in [0.25, 0.3) is 0 Å². The molecule has 0 aromatic heterocycles. The maximum absolute atomic E-state index is 3.58. The average Bonchev–Trinajstić information content (AvgIpc) is 2.37. The SMILES string of the molecule is CC(C)(C)NCCCCC1CCCc2ccccc21. The van der Waals surface area contributed by atoms with Gasteiger partial charge in [-0.3, -0.25) is 0 Å². The predicted octanol–water partition coefficient (Wildman–Crippen LogP) is 4.66. The van der Waals surface area contributed by atoms with Gasteiger partial charge in [0.15, 0.2) is 0 Å². The van der Waals surface area contributed by atoms with Gasteiger partial charge in [-0.1, -0.05) is 30.7 Å². The van der Waals surface area contributed by atoms with Gasteiger partial charge < -0.3 is 5.32 Å². The van der Waals surface area contributed by atoms with Gasteiger partial charge in [0.05, 0.1) is 0 Å². The summed E-state index contributed by atoms with van der Waals surface area (Å²) in [7, 11) is 0. The zero-order chi connectivity index (χ0) is 13.7. The van der Waals surface area contributed by atoms with Gasteiger partial charge in [-0.25, -0.2) is 0 Å². The standard InChI is InChI=1S/C18H29N/c1-18(2,3)19-14-7-6-10-16-12-8-11-15-9-4-5-13-17(15)16/h4-5,9,13,16,19H,6-8,10-12,14H2,1-3H3. The van der Waals surface area contributed by atoms with Crippen LogP contribution in [-0.4, -0.2) is 12.1 Å². The molecule has 1 aromatic carbocycles. The summed E-state index contributed by atoms with van der Waals surface area (Å²) in [5, 5.41) is 3.58. The lowest BCUT2D eigenvalue weighted by atomic mass is 9.80. The van der Waals surface area contributed by atoms with E-state index < -0.39 is 0 Å². The van der Waals surface area contributed by atoms with Gasteiger partial charge in [0.2, 0.25) is 0 Å². The van der Waals surface area contributed by atoms with Crippen LogP contribution in [0.15, 0.2) is 24.3 Å². The second kappa shape index (κ2) is 6.56. The van der Waals surface area contributed by atoms with Gasteiger partial charge in [-0.05, 0) is 76.5 Å². The minimum absolute atomic E-state index is 0.261. The second-order valence-electron chi connectivity index (χ2n) is 6.96. The third-order valence-corrected chi connectivity index (χ3v) is 4.13. The average molecular weight is 259 g/mol. The highest BCUT2D eigenvalue weighted by Gasteiger charge is 2.19. The number of hydrogen-bond donors (Lipinski definition) is 1. The Hall–Kier alpha value is -0.820. The highest BCUT2D eigenvalue weighted by atomic mass is 14.9. The predicted molar refractivity (Wildman–Crippen MR) is 83.7 cm³/mol. The molecule has 0 amide bonds. The van der Waals surface area contributed by atoms with Crippen LogP contribution < -0.4 is 5.32 Å². The molecule has 1 unspecified atom stereocenters. The van der Waals surface area contributed by atoms with E-state index in [1.54, 1.807) is 11.1 Å². The van der Waals surface area contributed by atoms with Crippen LogP contribution in [0.3, 0.4) is 0 Å². The van der Waals surface area contributed by atoms with Gasteiger partial charge >= 0.3 is 0 Å². The smallest absolute Gasteiger partial charge is 0.00965 e. The van der Waals surface area contributed by atoms with E-state index in [2.05, 4.69) is 50.4 Å². The minimum Gasteiger partial charge on any atom is -0.312 e. The molecular formula is C18H29N. The second-order valence-corrected chi connectivity index (χ2v) is 6.96. The molecule has 0 aliphatic heterocycles. The first-order valence-electron chi connectivity index (χ1n) is 7.89. The zero-order valence-electron chi connectivity index (χ0n) is 12.8. The fraction of sp³-hybridized carbons (Fsp3) is 0.667. The summed E-state index contributed by atoms with van der Waals surface area (Å²) >= 11 is 0. The molecule has 0 fully saturated rings.